The van der Waals surface area contributed by atoms with Crippen LogP contribution in [0.4, 0.5) is 0 Å². The Kier molecular flexibility index (Phi) is 4.41. The normalized spacial score (nSPS) is 15.5. The van der Waals surface area contributed by atoms with Crippen LogP contribution in [0.2, 0.25) is 0 Å². The fraction of sp³-hybridized carbons (Fsp3) is 0.333. The minimum Gasteiger partial charge on any atom is -0.479 e. The van der Waals surface area contributed by atoms with Crippen molar-refractivity contribution < 1.29 is 24.5 Å². The molecule has 1 unspecified atom stereocenters. The van der Waals surface area contributed by atoms with Crippen molar-refractivity contribution in [1.82, 2.24) is 0 Å². The molecule has 1 rings (SSSR count). The third kappa shape index (κ3) is 2.85. The SMILES string of the molecule is CC(O)[C@](N)(C(=O)O)C(=O)OCc1ccccc1. The van der Waals surface area contributed by atoms with E-state index in [1.807, 2.05) is 0 Å². The van der Waals surface area contributed by atoms with Crippen LogP contribution in [0.3, 0.4) is 0 Å². The molecule has 6 heteroatoms. The molecule has 0 saturated heterocycles. The van der Waals surface area contributed by atoms with Crippen molar-refractivity contribution in [3.05, 3.63) is 35.9 Å². The Labute approximate surface area is 104 Å². The molecule has 2 atom stereocenters. The Morgan fingerprint density at radius 3 is 2.39 bits per heavy atom. The second-order valence-corrected chi connectivity index (χ2v) is 3.91. The fourth-order valence-corrected chi connectivity index (χ4v) is 1.28. The van der Waals surface area contributed by atoms with Crippen molar-refractivity contribution in [2.45, 2.75) is 25.2 Å². The Balaban J connectivity index is 2.73. The number of carbonyl (C=O) groups is 2. The van der Waals surface area contributed by atoms with Gasteiger partial charge in [0.25, 0.3) is 0 Å². The topological polar surface area (TPSA) is 110 Å². The summed E-state index contributed by atoms with van der Waals surface area (Å²) in [7, 11) is 0. The number of benzene rings is 1. The number of esters is 1. The largest absolute Gasteiger partial charge is 0.479 e. The van der Waals surface area contributed by atoms with E-state index in [0.717, 1.165) is 6.92 Å². The number of carbonyl (C=O) groups excluding carboxylic acids is 1. The second kappa shape index (κ2) is 5.61. The molecule has 0 fully saturated rings. The monoisotopic (exact) mass is 253 g/mol. The average molecular weight is 253 g/mol. The number of aliphatic hydroxyl groups excluding tert-OH is 1. The Bertz CT molecular complexity index is 431. The molecule has 0 spiro atoms. The number of nitrogens with two attached hydrogens (primary N) is 1. The van der Waals surface area contributed by atoms with E-state index < -0.39 is 23.6 Å². The van der Waals surface area contributed by atoms with Crippen LogP contribution in [0, 0.1) is 0 Å². The zero-order valence-corrected chi connectivity index (χ0v) is 9.87. The van der Waals surface area contributed by atoms with Crippen LogP contribution in [0.1, 0.15) is 12.5 Å². The molecule has 18 heavy (non-hydrogen) atoms. The van der Waals surface area contributed by atoms with Gasteiger partial charge in [-0.1, -0.05) is 30.3 Å². The van der Waals surface area contributed by atoms with E-state index in [1.54, 1.807) is 30.3 Å². The molecule has 4 N–H and O–H groups in total. The molecule has 0 heterocycles. The Hall–Kier alpha value is -1.92. The maximum Gasteiger partial charge on any atom is 0.340 e. The van der Waals surface area contributed by atoms with Gasteiger partial charge in [-0.25, -0.2) is 9.59 Å². The van der Waals surface area contributed by atoms with Gasteiger partial charge in [-0.3, -0.25) is 0 Å². The van der Waals surface area contributed by atoms with Crippen molar-refractivity contribution in [2.75, 3.05) is 0 Å². The molecular weight excluding hydrogens is 238 g/mol. The smallest absolute Gasteiger partial charge is 0.340 e. The van der Waals surface area contributed by atoms with Crippen LogP contribution >= 0.6 is 0 Å². The molecule has 0 amide bonds. The number of rotatable bonds is 5. The van der Waals surface area contributed by atoms with Gasteiger partial charge in [0, 0.05) is 0 Å². The van der Waals surface area contributed by atoms with Gasteiger partial charge in [-0.15, -0.1) is 0 Å². The van der Waals surface area contributed by atoms with Crippen molar-refractivity contribution >= 4 is 11.9 Å². The first kappa shape index (κ1) is 14.1. The first-order chi connectivity index (χ1) is 8.39. The highest BCUT2D eigenvalue weighted by molar-refractivity contribution is 6.04. The molecule has 0 saturated carbocycles. The van der Waals surface area contributed by atoms with Crippen LogP contribution in [0.5, 0.6) is 0 Å². The van der Waals surface area contributed by atoms with Gasteiger partial charge in [-0.05, 0) is 12.5 Å². The van der Waals surface area contributed by atoms with E-state index >= 15 is 0 Å². The summed E-state index contributed by atoms with van der Waals surface area (Å²) in [4.78, 5) is 22.6. The summed E-state index contributed by atoms with van der Waals surface area (Å²) in [6.07, 6.45) is -1.56. The standard InChI is InChI=1S/C12H15NO5/c1-8(14)12(13,10(15)16)11(17)18-7-9-5-3-2-4-6-9/h2-6,8,14H,7,13H2,1H3,(H,15,16)/t8?,12-/m0/s1. The molecule has 0 aliphatic heterocycles. The van der Waals surface area contributed by atoms with Crippen LogP contribution in [-0.4, -0.2) is 33.8 Å². The minimum absolute atomic E-state index is 0.0986. The van der Waals surface area contributed by atoms with Crippen LogP contribution in [0.15, 0.2) is 30.3 Å². The lowest BCUT2D eigenvalue weighted by Gasteiger charge is -2.25. The van der Waals surface area contributed by atoms with Gasteiger partial charge in [0.1, 0.15) is 6.61 Å². The van der Waals surface area contributed by atoms with Crippen molar-refractivity contribution in [1.29, 1.82) is 0 Å². The van der Waals surface area contributed by atoms with Crippen LogP contribution in [0.25, 0.3) is 0 Å². The number of hydrogen-bond donors (Lipinski definition) is 3. The molecular formula is C12H15NO5. The zero-order chi connectivity index (χ0) is 13.8. The zero-order valence-electron chi connectivity index (χ0n) is 9.87. The number of carboxylic acids is 1. The first-order valence-corrected chi connectivity index (χ1v) is 5.30. The summed E-state index contributed by atoms with van der Waals surface area (Å²) < 4.78 is 4.81. The van der Waals surface area contributed by atoms with E-state index in [2.05, 4.69) is 0 Å². The van der Waals surface area contributed by atoms with Crippen LogP contribution in [-0.2, 0) is 20.9 Å². The summed E-state index contributed by atoms with van der Waals surface area (Å²) >= 11 is 0. The highest BCUT2D eigenvalue weighted by atomic mass is 16.5. The van der Waals surface area contributed by atoms with Crippen molar-refractivity contribution in [2.24, 2.45) is 5.73 Å². The van der Waals surface area contributed by atoms with E-state index in [-0.39, 0.29) is 6.61 Å². The number of ether oxygens (including phenoxy) is 1. The highest BCUT2D eigenvalue weighted by Gasteiger charge is 2.48. The fourth-order valence-electron chi connectivity index (χ4n) is 1.28. The molecule has 0 radical (unpaired) electrons. The van der Waals surface area contributed by atoms with Gasteiger partial charge in [-0.2, -0.15) is 0 Å². The number of aliphatic carboxylic acids is 1. The first-order valence-electron chi connectivity index (χ1n) is 5.30. The summed E-state index contributed by atoms with van der Waals surface area (Å²) in [6, 6.07) is 8.74. The summed E-state index contributed by atoms with van der Waals surface area (Å²) in [5.41, 5.74) is 3.62. The third-order valence-corrected chi connectivity index (χ3v) is 2.56. The van der Waals surface area contributed by atoms with E-state index in [0.29, 0.717) is 5.56 Å². The van der Waals surface area contributed by atoms with Crippen molar-refractivity contribution in [3.63, 3.8) is 0 Å². The lowest BCUT2D eigenvalue weighted by Crippen LogP contribution is -2.62. The predicted molar refractivity (Wildman–Crippen MR) is 62.5 cm³/mol. The number of aliphatic hydroxyl groups is 1. The van der Waals surface area contributed by atoms with Gasteiger partial charge >= 0.3 is 11.9 Å². The van der Waals surface area contributed by atoms with Gasteiger partial charge in [0.05, 0.1) is 6.10 Å². The lowest BCUT2D eigenvalue weighted by molar-refractivity contribution is -0.167. The molecule has 0 aliphatic carbocycles. The quantitative estimate of drug-likeness (QED) is 0.499. The summed E-state index contributed by atoms with van der Waals surface area (Å²) in [6.45, 7) is 1.02. The Morgan fingerprint density at radius 1 is 1.39 bits per heavy atom. The summed E-state index contributed by atoms with van der Waals surface area (Å²) in [5.74, 6) is -2.80. The van der Waals surface area contributed by atoms with Gasteiger partial charge in [0.15, 0.2) is 0 Å². The lowest BCUT2D eigenvalue weighted by atomic mass is 9.95. The van der Waals surface area contributed by atoms with Gasteiger partial charge in [0.2, 0.25) is 5.54 Å². The summed E-state index contributed by atoms with van der Waals surface area (Å²) in [5, 5.41) is 18.2. The molecule has 98 valence electrons. The van der Waals surface area contributed by atoms with Crippen LogP contribution < -0.4 is 5.73 Å². The molecule has 6 nitrogen and oxygen atoms in total. The minimum atomic E-state index is -2.45. The molecule has 1 aromatic rings. The maximum absolute atomic E-state index is 11.6. The predicted octanol–water partition coefficient (Wildman–Crippen LogP) is -0.107. The third-order valence-electron chi connectivity index (χ3n) is 2.56. The number of carboxylic acid groups (broad SMARTS) is 1. The molecule has 0 aliphatic rings. The van der Waals surface area contributed by atoms with Gasteiger partial charge < -0.3 is 20.7 Å². The number of hydrogen-bond acceptors (Lipinski definition) is 5. The van der Waals surface area contributed by atoms with E-state index in [9.17, 15) is 14.7 Å². The average Bonchev–Trinajstić information content (AvgIpc) is 2.35. The maximum atomic E-state index is 11.6. The second-order valence-electron chi connectivity index (χ2n) is 3.91. The Morgan fingerprint density at radius 2 is 1.94 bits per heavy atom. The van der Waals surface area contributed by atoms with Crippen molar-refractivity contribution in [3.8, 4) is 0 Å². The van der Waals surface area contributed by atoms with E-state index in [1.165, 1.54) is 0 Å². The molecule has 1 aromatic carbocycles. The van der Waals surface area contributed by atoms with E-state index in [4.69, 9.17) is 15.6 Å². The molecule has 0 aromatic heterocycles. The molecule has 0 bridgehead atoms. The highest BCUT2D eigenvalue weighted by Crippen LogP contribution is 2.12.